The first-order valence-corrected chi connectivity index (χ1v) is 4.19. The highest BCUT2D eigenvalue weighted by molar-refractivity contribution is 5.69. The van der Waals surface area contributed by atoms with E-state index in [1.54, 1.807) is 6.92 Å². The first kappa shape index (κ1) is 13.2. The minimum atomic E-state index is -4.34. The summed E-state index contributed by atoms with van der Waals surface area (Å²) in [5, 5.41) is 0. The van der Waals surface area contributed by atoms with Crippen molar-refractivity contribution in [1.29, 1.82) is 0 Å². The maximum Gasteiger partial charge on any atom is 0.411 e. The van der Waals surface area contributed by atoms with E-state index in [2.05, 4.69) is 9.47 Å². The molecule has 0 aliphatic heterocycles. The number of alkyl halides is 3. The molecule has 3 nitrogen and oxygen atoms in total. The van der Waals surface area contributed by atoms with Crippen LogP contribution in [0.4, 0.5) is 13.2 Å². The highest BCUT2D eigenvalue weighted by Gasteiger charge is 2.27. The molecule has 0 aliphatic rings. The Labute approximate surface area is 80.2 Å². The number of rotatable bonds is 5. The van der Waals surface area contributed by atoms with Gasteiger partial charge in [-0.2, -0.15) is 13.2 Å². The van der Waals surface area contributed by atoms with Crippen LogP contribution in [0.15, 0.2) is 0 Å². The molecule has 0 aromatic carbocycles. The van der Waals surface area contributed by atoms with Gasteiger partial charge in [-0.1, -0.05) is 6.92 Å². The number of hydrogen-bond donors (Lipinski definition) is 0. The van der Waals surface area contributed by atoms with Crippen molar-refractivity contribution in [2.75, 3.05) is 13.2 Å². The van der Waals surface area contributed by atoms with Crippen LogP contribution in [0.2, 0.25) is 0 Å². The predicted molar refractivity (Wildman–Crippen MR) is 42.7 cm³/mol. The van der Waals surface area contributed by atoms with E-state index in [9.17, 15) is 18.0 Å². The highest BCUT2D eigenvalue weighted by Crippen LogP contribution is 2.14. The van der Waals surface area contributed by atoms with Crippen molar-refractivity contribution in [1.82, 2.24) is 0 Å². The van der Waals surface area contributed by atoms with Crippen LogP contribution in [-0.4, -0.2) is 31.5 Å². The van der Waals surface area contributed by atoms with Crippen LogP contribution in [0.25, 0.3) is 0 Å². The molecule has 6 heteroatoms. The third kappa shape index (κ3) is 7.85. The molecule has 0 aromatic heterocycles. The number of ether oxygens (including phenoxy) is 2. The summed E-state index contributed by atoms with van der Waals surface area (Å²) in [5.74, 6) is -0.451. The van der Waals surface area contributed by atoms with E-state index in [0.29, 0.717) is 0 Å². The summed E-state index contributed by atoms with van der Waals surface area (Å²) in [6.45, 7) is 1.52. The van der Waals surface area contributed by atoms with Gasteiger partial charge in [0.15, 0.2) is 0 Å². The Morgan fingerprint density at radius 1 is 1.43 bits per heavy atom. The minimum absolute atomic E-state index is 0.198. The first-order chi connectivity index (χ1) is 6.35. The summed E-state index contributed by atoms with van der Waals surface area (Å²) in [6.07, 6.45) is -4.79. The fraction of sp³-hybridized carbons (Fsp3) is 0.875. The molecule has 0 amide bonds. The van der Waals surface area contributed by atoms with Gasteiger partial charge in [-0.05, 0) is 6.92 Å². The fourth-order valence-electron chi connectivity index (χ4n) is 0.682. The molecule has 0 aromatic rings. The van der Waals surface area contributed by atoms with E-state index >= 15 is 0 Å². The lowest BCUT2D eigenvalue weighted by Gasteiger charge is -2.13. The van der Waals surface area contributed by atoms with Gasteiger partial charge in [0.05, 0.1) is 6.61 Å². The number of esters is 1. The summed E-state index contributed by atoms with van der Waals surface area (Å²) >= 11 is 0. The van der Waals surface area contributed by atoms with Gasteiger partial charge in [0.25, 0.3) is 0 Å². The number of halogens is 3. The average molecular weight is 214 g/mol. The van der Waals surface area contributed by atoms with Crippen LogP contribution in [0.5, 0.6) is 0 Å². The maximum atomic E-state index is 11.6. The molecular weight excluding hydrogens is 201 g/mol. The number of hydrogen-bond acceptors (Lipinski definition) is 3. The highest BCUT2D eigenvalue weighted by atomic mass is 19.4. The van der Waals surface area contributed by atoms with Gasteiger partial charge in [-0.15, -0.1) is 0 Å². The van der Waals surface area contributed by atoms with Crippen molar-refractivity contribution < 1.29 is 27.4 Å². The Bertz CT molecular complexity index is 179. The van der Waals surface area contributed by atoms with Gasteiger partial charge >= 0.3 is 12.1 Å². The Morgan fingerprint density at radius 3 is 2.43 bits per heavy atom. The Morgan fingerprint density at radius 2 is 2.00 bits per heavy atom. The smallest absolute Gasteiger partial charge is 0.411 e. The molecule has 0 N–H and O–H groups in total. The summed E-state index contributed by atoms with van der Waals surface area (Å²) in [7, 11) is 0. The van der Waals surface area contributed by atoms with Crippen molar-refractivity contribution >= 4 is 5.97 Å². The zero-order valence-corrected chi connectivity index (χ0v) is 8.06. The first-order valence-electron chi connectivity index (χ1n) is 4.19. The van der Waals surface area contributed by atoms with Crippen molar-refractivity contribution in [3.8, 4) is 0 Å². The molecular formula is C8H13F3O3. The van der Waals surface area contributed by atoms with Crippen molar-refractivity contribution in [2.45, 2.75) is 32.5 Å². The van der Waals surface area contributed by atoms with Crippen molar-refractivity contribution in [3.63, 3.8) is 0 Å². The van der Waals surface area contributed by atoms with Gasteiger partial charge in [-0.3, -0.25) is 4.79 Å². The van der Waals surface area contributed by atoms with Crippen LogP contribution in [0.3, 0.4) is 0 Å². The van der Waals surface area contributed by atoms with Gasteiger partial charge in [-0.25, -0.2) is 0 Å². The van der Waals surface area contributed by atoms with E-state index < -0.39 is 24.9 Å². The largest absolute Gasteiger partial charge is 0.460 e. The van der Waals surface area contributed by atoms with Crippen molar-refractivity contribution in [2.24, 2.45) is 0 Å². The second kappa shape index (κ2) is 5.85. The Kier molecular flexibility index (Phi) is 5.52. The van der Waals surface area contributed by atoms with Crippen LogP contribution >= 0.6 is 0 Å². The lowest BCUT2D eigenvalue weighted by molar-refractivity contribution is -0.182. The Hall–Kier alpha value is -0.780. The van der Waals surface area contributed by atoms with Gasteiger partial charge < -0.3 is 9.47 Å². The average Bonchev–Trinajstić information content (AvgIpc) is 2.01. The fourth-order valence-corrected chi connectivity index (χ4v) is 0.682. The van der Waals surface area contributed by atoms with Crippen LogP contribution < -0.4 is 0 Å². The molecule has 1 atom stereocenters. The molecule has 0 bridgehead atoms. The molecule has 14 heavy (non-hydrogen) atoms. The second-order valence-corrected chi connectivity index (χ2v) is 2.78. The summed E-state index contributed by atoms with van der Waals surface area (Å²) in [5.41, 5.74) is 0. The SMILES string of the molecule is CCC(=O)OC(C)COCC(F)(F)F. The summed E-state index contributed by atoms with van der Waals surface area (Å²) < 4.78 is 43.8. The van der Waals surface area contributed by atoms with Crippen LogP contribution in [0, 0.1) is 0 Å². The zero-order chi connectivity index (χ0) is 11.2. The third-order valence-electron chi connectivity index (χ3n) is 1.24. The van der Waals surface area contributed by atoms with E-state index in [0.717, 1.165) is 0 Å². The summed E-state index contributed by atoms with van der Waals surface area (Å²) in [4.78, 5) is 10.7. The van der Waals surface area contributed by atoms with Crippen molar-refractivity contribution in [3.05, 3.63) is 0 Å². The lowest BCUT2D eigenvalue weighted by atomic mass is 10.4. The molecule has 84 valence electrons. The van der Waals surface area contributed by atoms with E-state index in [4.69, 9.17) is 0 Å². The number of carbonyl (C=O) groups is 1. The van der Waals surface area contributed by atoms with Crippen LogP contribution in [-0.2, 0) is 14.3 Å². The topological polar surface area (TPSA) is 35.5 Å². The second-order valence-electron chi connectivity index (χ2n) is 2.78. The molecule has 0 radical (unpaired) electrons. The maximum absolute atomic E-state index is 11.6. The lowest BCUT2D eigenvalue weighted by Crippen LogP contribution is -2.24. The number of carbonyl (C=O) groups excluding carboxylic acids is 1. The quantitative estimate of drug-likeness (QED) is 0.656. The van der Waals surface area contributed by atoms with E-state index in [1.165, 1.54) is 6.92 Å². The molecule has 0 fully saturated rings. The molecule has 0 heterocycles. The van der Waals surface area contributed by atoms with E-state index in [1.807, 2.05) is 0 Å². The molecule has 1 unspecified atom stereocenters. The van der Waals surface area contributed by atoms with Gasteiger partial charge in [0, 0.05) is 6.42 Å². The minimum Gasteiger partial charge on any atom is -0.460 e. The zero-order valence-electron chi connectivity index (χ0n) is 8.06. The Balaban J connectivity index is 3.54. The molecule has 0 rings (SSSR count). The van der Waals surface area contributed by atoms with Gasteiger partial charge in [0.1, 0.15) is 12.7 Å². The normalized spacial score (nSPS) is 13.8. The summed E-state index contributed by atoms with van der Waals surface area (Å²) in [6, 6.07) is 0. The van der Waals surface area contributed by atoms with Gasteiger partial charge in [0.2, 0.25) is 0 Å². The van der Waals surface area contributed by atoms with E-state index in [-0.39, 0.29) is 13.0 Å². The molecule has 0 spiro atoms. The predicted octanol–water partition coefficient (Wildman–Crippen LogP) is 1.91. The molecule has 0 saturated heterocycles. The van der Waals surface area contributed by atoms with Crippen LogP contribution in [0.1, 0.15) is 20.3 Å². The molecule has 0 saturated carbocycles. The standard InChI is InChI=1S/C8H13F3O3/c1-3-7(12)14-6(2)4-13-5-8(9,10)11/h6H,3-5H2,1-2H3. The molecule has 0 aliphatic carbocycles. The monoisotopic (exact) mass is 214 g/mol. The third-order valence-corrected chi connectivity index (χ3v) is 1.24.